The van der Waals surface area contributed by atoms with Crippen molar-refractivity contribution in [1.82, 2.24) is 9.97 Å². The Morgan fingerprint density at radius 1 is 1.20 bits per heavy atom. The summed E-state index contributed by atoms with van der Waals surface area (Å²) in [6.07, 6.45) is 1.50. The second-order valence-corrected chi connectivity index (χ2v) is 5.29. The Hall–Kier alpha value is -1.69. The van der Waals surface area contributed by atoms with Crippen LogP contribution < -0.4 is 10.6 Å². The molecule has 20 heavy (non-hydrogen) atoms. The summed E-state index contributed by atoms with van der Waals surface area (Å²) in [5.74, 6) is 1.22. The molecule has 0 amide bonds. The van der Waals surface area contributed by atoms with Gasteiger partial charge in [0.05, 0.1) is 4.47 Å². The lowest BCUT2D eigenvalue weighted by Crippen LogP contribution is -2.06. The highest BCUT2D eigenvalue weighted by Crippen LogP contribution is 2.28. The average molecular weight is 339 g/mol. The number of halogens is 2. The van der Waals surface area contributed by atoms with E-state index >= 15 is 0 Å². The van der Waals surface area contributed by atoms with Crippen molar-refractivity contribution >= 4 is 33.3 Å². The molecule has 0 aliphatic rings. The second kappa shape index (κ2) is 6.17. The summed E-state index contributed by atoms with van der Waals surface area (Å²) in [5, 5.41) is 6.40. The number of nitrogens with zero attached hydrogens (tertiary/aromatic N) is 2. The highest BCUT2D eigenvalue weighted by Gasteiger charge is 2.10. The third-order valence-electron chi connectivity index (χ3n) is 2.95. The molecule has 2 rings (SSSR count). The van der Waals surface area contributed by atoms with Crippen LogP contribution in [0.25, 0.3) is 0 Å². The van der Waals surface area contributed by atoms with Crippen LogP contribution in [0.3, 0.4) is 0 Å². The Morgan fingerprint density at radius 2 is 1.90 bits per heavy atom. The molecule has 6 heteroatoms. The normalized spacial score (nSPS) is 10.4. The van der Waals surface area contributed by atoms with Crippen LogP contribution in [0.5, 0.6) is 0 Å². The molecule has 2 N–H and O–H groups in total. The fourth-order valence-electron chi connectivity index (χ4n) is 1.83. The summed E-state index contributed by atoms with van der Waals surface area (Å²) in [7, 11) is 0. The van der Waals surface area contributed by atoms with E-state index in [1.54, 1.807) is 6.07 Å². The minimum absolute atomic E-state index is 0.277. The molecule has 2 aromatic rings. The molecule has 0 bridgehead atoms. The number of anilines is 3. The van der Waals surface area contributed by atoms with Crippen molar-refractivity contribution in [3.05, 3.63) is 39.9 Å². The van der Waals surface area contributed by atoms with Crippen molar-refractivity contribution in [2.75, 3.05) is 17.2 Å². The molecule has 4 nitrogen and oxygen atoms in total. The summed E-state index contributed by atoms with van der Waals surface area (Å²) in [4.78, 5) is 8.43. The van der Waals surface area contributed by atoms with E-state index in [2.05, 4.69) is 36.5 Å². The first-order valence-corrected chi connectivity index (χ1v) is 7.10. The first-order chi connectivity index (χ1) is 9.52. The molecule has 0 aliphatic carbocycles. The Morgan fingerprint density at radius 3 is 2.60 bits per heavy atom. The highest BCUT2D eigenvalue weighted by molar-refractivity contribution is 9.10. The van der Waals surface area contributed by atoms with Crippen LogP contribution in [0.1, 0.15) is 18.1 Å². The molecule has 1 aromatic carbocycles. The van der Waals surface area contributed by atoms with Gasteiger partial charge in [0.1, 0.15) is 23.8 Å². The molecule has 0 atom stereocenters. The molecule has 0 unspecified atom stereocenters. The summed E-state index contributed by atoms with van der Waals surface area (Å²) < 4.78 is 13.9. The maximum atomic E-state index is 13.4. The van der Waals surface area contributed by atoms with Gasteiger partial charge in [-0.15, -0.1) is 0 Å². The molecule has 106 valence electrons. The van der Waals surface area contributed by atoms with Gasteiger partial charge in [0.25, 0.3) is 0 Å². The van der Waals surface area contributed by atoms with Crippen LogP contribution in [-0.4, -0.2) is 16.5 Å². The molecule has 0 radical (unpaired) electrons. The Bertz CT molecular complexity index is 631. The maximum absolute atomic E-state index is 13.4. The molecular weight excluding hydrogens is 323 g/mol. The minimum atomic E-state index is -0.277. The van der Waals surface area contributed by atoms with Gasteiger partial charge in [-0.1, -0.05) is 0 Å². The highest BCUT2D eigenvalue weighted by atomic mass is 79.9. The lowest BCUT2D eigenvalue weighted by atomic mass is 10.2. The van der Waals surface area contributed by atoms with E-state index in [1.807, 2.05) is 20.8 Å². The smallest absolute Gasteiger partial charge is 0.138 e. The zero-order valence-electron chi connectivity index (χ0n) is 11.6. The molecule has 0 saturated heterocycles. The fraction of sp³-hybridized carbons (Fsp3) is 0.286. The summed E-state index contributed by atoms with van der Waals surface area (Å²) in [6.45, 7) is 6.59. The number of benzene rings is 1. The van der Waals surface area contributed by atoms with Gasteiger partial charge in [-0.2, -0.15) is 0 Å². The first kappa shape index (κ1) is 14.7. The molecule has 0 fully saturated rings. The van der Waals surface area contributed by atoms with Crippen LogP contribution in [0.2, 0.25) is 0 Å². The monoisotopic (exact) mass is 338 g/mol. The van der Waals surface area contributed by atoms with E-state index in [4.69, 9.17) is 0 Å². The Balaban J connectivity index is 2.35. The van der Waals surface area contributed by atoms with Crippen LogP contribution in [0.4, 0.5) is 21.7 Å². The van der Waals surface area contributed by atoms with Crippen molar-refractivity contribution in [2.45, 2.75) is 20.8 Å². The third kappa shape index (κ3) is 3.07. The Labute approximate surface area is 126 Å². The Kier molecular flexibility index (Phi) is 4.54. The average Bonchev–Trinajstić information content (AvgIpc) is 2.40. The summed E-state index contributed by atoms with van der Waals surface area (Å²) in [5.41, 5.74) is 2.55. The van der Waals surface area contributed by atoms with Gasteiger partial charge >= 0.3 is 0 Å². The van der Waals surface area contributed by atoms with E-state index in [0.717, 1.165) is 29.2 Å². The quantitative estimate of drug-likeness (QED) is 0.878. The number of nitrogens with one attached hydrogen (secondary N) is 2. The van der Waals surface area contributed by atoms with E-state index in [-0.39, 0.29) is 5.82 Å². The number of rotatable bonds is 4. The standard InChI is InChI=1S/C14H16BrFN4/c1-4-17-13-9(3)14(19-7-18-13)20-12-6-10(15)11(16)5-8(12)2/h5-7H,4H2,1-3H3,(H2,17,18,19,20). The summed E-state index contributed by atoms with van der Waals surface area (Å²) in [6, 6.07) is 3.19. The lowest BCUT2D eigenvalue weighted by molar-refractivity contribution is 0.620. The first-order valence-electron chi connectivity index (χ1n) is 6.31. The third-order valence-corrected chi connectivity index (χ3v) is 3.56. The van der Waals surface area contributed by atoms with Gasteiger partial charge in [0.2, 0.25) is 0 Å². The van der Waals surface area contributed by atoms with E-state index in [9.17, 15) is 4.39 Å². The van der Waals surface area contributed by atoms with Gasteiger partial charge < -0.3 is 10.6 Å². The predicted molar refractivity (Wildman–Crippen MR) is 83.1 cm³/mol. The second-order valence-electron chi connectivity index (χ2n) is 4.43. The topological polar surface area (TPSA) is 49.8 Å². The molecule has 0 spiro atoms. The largest absolute Gasteiger partial charge is 0.370 e. The molecular formula is C14H16BrFN4. The number of aryl methyl sites for hydroxylation is 1. The molecule has 0 saturated carbocycles. The van der Waals surface area contributed by atoms with Gasteiger partial charge in [0, 0.05) is 17.8 Å². The van der Waals surface area contributed by atoms with Crippen LogP contribution >= 0.6 is 15.9 Å². The van der Waals surface area contributed by atoms with Gasteiger partial charge in [-0.3, -0.25) is 0 Å². The number of hydrogen-bond acceptors (Lipinski definition) is 4. The molecule has 1 heterocycles. The van der Waals surface area contributed by atoms with Crippen molar-refractivity contribution in [3.63, 3.8) is 0 Å². The van der Waals surface area contributed by atoms with Gasteiger partial charge in [-0.05, 0) is 54.4 Å². The van der Waals surface area contributed by atoms with Crippen LogP contribution in [-0.2, 0) is 0 Å². The van der Waals surface area contributed by atoms with Crippen molar-refractivity contribution < 1.29 is 4.39 Å². The maximum Gasteiger partial charge on any atom is 0.138 e. The van der Waals surface area contributed by atoms with Gasteiger partial charge in [0.15, 0.2) is 0 Å². The van der Waals surface area contributed by atoms with E-state index in [1.165, 1.54) is 12.4 Å². The van der Waals surface area contributed by atoms with Gasteiger partial charge in [-0.25, -0.2) is 14.4 Å². The van der Waals surface area contributed by atoms with E-state index in [0.29, 0.717) is 10.3 Å². The molecule has 1 aromatic heterocycles. The van der Waals surface area contributed by atoms with Crippen molar-refractivity contribution in [1.29, 1.82) is 0 Å². The minimum Gasteiger partial charge on any atom is -0.370 e. The fourth-order valence-corrected chi connectivity index (χ4v) is 2.17. The zero-order chi connectivity index (χ0) is 14.7. The number of hydrogen-bond donors (Lipinski definition) is 2. The number of aromatic nitrogens is 2. The van der Waals surface area contributed by atoms with E-state index < -0.39 is 0 Å². The van der Waals surface area contributed by atoms with Crippen molar-refractivity contribution in [2.24, 2.45) is 0 Å². The predicted octanol–water partition coefficient (Wildman–Crippen LogP) is 4.17. The van der Waals surface area contributed by atoms with Crippen molar-refractivity contribution in [3.8, 4) is 0 Å². The SMILES string of the molecule is CCNc1ncnc(Nc2cc(Br)c(F)cc2C)c1C. The van der Waals surface area contributed by atoms with Crippen LogP contribution in [0, 0.1) is 19.7 Å². The van der Waals surface area contributed by atoms with Crippen LogP contribution in [0.15, 0.2) is 22.9 Å². The lowest BCUT2D eigenvalue weighted by Gasteiger charge is -2.14. The summed E-state index contributed by atoms with van der Waals surface area (Å²) >= 11 is 3.19. The zero-order valence-corrected chi connectivity index (χ0v) is 13.2. The molecule has 0 aliphatic heterocycles.